The van der Waals surface area contributed by atoms with Gasteiger partial charge in [-0.25, -0.2) is 14.4 Å². The SMILES string of the molecule is COC(=O)/C=C/C(=O)Cc1cccc(-c2ccc(C(N)=O)c3[nH]ccc23)c1.COC(=O)/C=C/C(=O)O.NC(=O)c1ccc(-c2cccc(N)c2)c2cc[nH]c12. The molecule has 14 heteroatoms. The van der Waals surface area contributed by atoms with Gasteiger partial charge in [-0.05, 0) is 70.3 Å². The number of allylic oxidation sites excluding steroid dienone is 1. The summed E-state index contributed by atoms with van der Waals surface area (Å²) in [4.78, 5) is 72.1. The van der Waals surface area contributed by atoms with Crippen molar-refractivity contribution in [3.63, 3.8) is 0 Å². The minimum atomic E-state index is -1.17. The second-order valence-corrected chi connectivity index (χ2v) is 11.6. The number of fused-ring (bicyclic) bond motifs is 2. The van der Waals surface area contributed by atoms with Gasteiger partial charge in [-0.15, -0.1) is 0 Å². The van der Waals surface area contributed by atoms with E-state index in [1.54, 1.807) is 24.5 Å². The van der Waals surface area contributed by atoms with Crippen molar-refractivity contribution in [3.05, 3.63) is 138 Å². The molecule has 4 aromatic carbocycles. The smallest absolute Gasteiger partial charge is 0.330 e. The minimum Gasteiger partial charge on any atom is -0.478 e. The molecular formula is C41H37N5O9. The monoisotopic (exact) mass is 743 g/mol. The van der Waals surface area contributed by atoms with Gasteiger partial charge >= 0.3 is 17.9 Å². The van der Waals surface area contributed by atoms with Crippen LogP contribution in [0, 0.1) is 0 Å². The number of ketones is 1. The van der Waals surface area contributed by atoms with Crippen LogP contribution in [0.5, 0.6) is 0 Å². The Bertz CT molecular complexity index is 2460. The number of nitrogens with one attached hydrogen (secondary N) is 2. The third-order valence-corrected chi connectivity index (χ3v) is 7.96. The number of carbonyl (C=O) groups is 6. The number of esters is 2. The highest BCUT2D eigenvalue weighted by Crippen LogP contribution is 2.32. The van der Waals surface area contributed by atoms with Gasteiger partial charge in [0.2, 0.25) is 0 Å². The van der Waals surface area contributed by atoms with E-state index in [-0.39, 0.29) is 12.2 Å². The van der Waals surface area contributed by atoms with E-state index in [2.05, 4.69) is 19.4 Å². The Labute approximate surface area is 314 Å². The lowest BCUT2D eigenvalue weighted by molar-refractivity contribution is -0.136. The third-order valence-electron chi connectivity index (χ3n) is 7.96. The fraction of sp³-hybridized carbons (Fsp3) is 0.0732. The van der Waals surface area contributed by atoms with E-state index >= 15 is 0 Å². The summed E-state index contributed by atoms with van der Waals surface area (Å²) in [6.07, 6.45) is 7.59. The molecule has 0 atom stereocenters. The fourth-order valence-corrected chi connectivity index (χ4v) is 5.48. The van der Waals surface area contributed by atoms with E-state index in [0.717, 1.165) is 56.3 Å². The number of hydrogen-bond donors (Lipinski definition) is 6. The molecule has 0 bridgehead atoms. The van der Waals surface area contributed by atoms with Gasteiger partial charge in [0.1, 0.15) is 0 Å². The maximum atomic E-state index is 12.0. The van der Waals surface area contributed by atoms with Gasteiger partial charge in [0.05, 0.1) is 36.4 Å². The fourth-order valence-electron chi connectivity index (χ4n) is 5.48. The summed E-state index contributed by atoms with van der Waals surface area (Å²) in [5.41, 5.74) is 24.4. The molecule has 6 aromatic rings. The first-order valence-corrected chi connectivity index (χ1v) is 16.4. The van der Waals surface area contributed by atoms with E-state index in [0.29, 0.717) is 28.4 Å². The van der Waals surface area contributed by atoms with Crippen LogP contribution in [0.2, 0.25) is 0 Å². The van der Waals surface area contributed by atoms with Gasteiger partial charge in [0.25, 0.3) is 11.8 Å². The average molecular weight is 744 g/mol. The molecule has 55 heavy (non-hydrogen) atoms. The number of carbonyl (C=O) groups excluding carboxylic acids is 5. The highest BCUT2D eigenvalue weighted by Gasteiger charge is 2.14. The van der Waals surface area contributed by atoms with Crippen LogP contribution in [-0.4, -0.2) is 64.8 Å². The Balaban J connectivity index is 0.000000208. The van der Waals surface area contributed by atoms with Crippen LogP contribution >= 0.6 is 0 Å². The number of amides is 2. The van der Waals surface area contributed by atoms with Gasteiger partial charge < -0.3 is 41.7 Å². The zero-order valence-electron chi connectivity index (χ0n) is 29.7. The first kappa shape index (κ1) is 40.0. The maximum Gasteiger partial charge on any atom is 0.330 e. The molecule has 0 radical (unpaired) electrons. The molecule has 0 saturated carbocycles. The highest BCUT2D eigenvalue weighted by atomic mass is 16.5. The number of ether oxygens (including phenoxy) is 2. The van der Waals surface area contributed by atoms with Gasteiger partial charge in [-0.3, -0.25) is 14.4 Å². The highest BCUT2D eigenvalue weighted by molar-refractivity contribution is 6.10. The largest absolute Gasteiger partial charge is 0.478 e. The molecular weight excluding hydrogens is 706 g/mol. The van der Waals surface area contributed by atoms with Crippen molar-refractivity contribution in [3.8, 4) is 22.3 Å². The summed E-state index contributed by atoms with van der Waals surface area (Å²) >= 11 is 0. The Morgan fingerprint density at radius 2 is 1.13 bits per heavy atom. The van der Waals surface area contributed by atoms with Crippen LogP contribution < -0.4 is 17.2 Å². The van der Waals surface area contributed by atoms with Crippen molar-refractivity contribution in [2.45, 2.75) is 6.42 Å². The normalized spacial score (nSPS) is 10.7. The molecule has 6 rings (SSSR count). The Morgan fingerprint density at radius 1 is 0.636 bits per heavy atom. The van der Waals surface area contributed by atoms with Crippen molar-refractivity contribution in [1.29, 1.82) is 0 Å². The molecule has 2 amide bonds. The molecule has 0 spiro atoms. The van der Waals surface area contributed by atoms with E-state index in [9.17, 15) is 28.8 Å². The topological polar surface area (TPSA) is 251 Å². The second-order valence-electron chi connectivity index (χ2n) is 11.6. The van der Waals surface area contributed by atoms with Crippen LogP contribution in [0.15, 0.2) is 122 Å². The Morgan fingerprint density at radius 3 is 1.60 bits per heavy atom. The molecule has 280 valence electrons. The van der Waals surface area contributed by atoms with Gasteiger partial charge in [-0.2, -0.15) is 0 Å². The lowest BCUT2D eigenvalue weighted by Crippen LogP contribution is -2.11. The number of aromatic nitrogens is 2. The second kappa shape index (κ2) is 18.7. The predicted molar refractivity (Wildman–Crippen MR) is 208 cm³/mol. The number of nitrogens with two attached hydrogens (primary N) is 3. The van der Waals surface area contributed by atoms with Crippen LogP contribution in [0.1, 0.15) is 26.3 Å². The van der Waals surface area contributed by atoms with E-state index in [4.69, 9.17) is 22.3 Å². The molecule has 0 unspecified atom stereocenters. The zero-order chi connectivity index (χ0) is 40.1. The zero-order valence-corrected chi connectivity index (χ0v) is 29.7. The number of hydrogen-bond acceptors (Lipinski definition) is 9. The quantitative estimate of drug-likeness (QED) is 0.0616. The lowest BCUT2D eigenvalue weighted by Gasteiger charge is -2.08. The summed E-state index contributed by atoms with van der Waals surface area (Å²) < 4.78 is 8.59. The Hall–Kier alpha value is -7.74. The van der Waals surface area contributed by atoms with Crippen molar-refractivity contribution in [2.24, 2.45) is 11.5 Å². The number of primary amides is 2. The van der Waals surface area contributed by atoms with Gasteiger partial charge in [0.15, 0.2) is 5.78 Å². The summed E-state index contributed by atoms with van der Waals surface area (Å²) in [5, 5.41) is 9.80. The number of aliphatic carboxylic acids is 1. The number of benzene rings is 4. The summed E-state index contributed by atoms with van der Waals surface area (Å²) in [6.45, 7) is 0. The van der Waals surface area contributed by atoms with Gasteiger partial charge in [-0.1, -0.05) is 48.5 Å². The van der Waals surface area contributed by atoms with Gasteiger partial charge in [0, 0.05) is 53.5 Å². The van der Waals surface area contributed by atoms with Crippen LogP contribution in [0.25, 0.3) is 44.1 Å². The van der Waals surface area contributed by atoms with Crippen LogP contribution in [0.4, 0.5) is 5.69 Å². The molecule has 0 aliphatic rings. The number of anilines is 1. The van der Waals surface area contributed by atoms with Crippen LogP contribution in [-0.2, 0) is 35.1 Å². The maximum absolute atomic E-state index is 12.0. The number of H-pyrrole nitrogens is 2. The van der Waals surface area contributed by atoms with E-state index < -0.39 is 29.7 Å². The molecule has 0 fully saturated rings. The summed E-state index contributed by atoms with van der Waals surface area (Å²) in [6, 6.07) is 26.2. The van der Waals surface area contributed by atoms with E-state index in [1.807, 2.05) is 72.8 Å². The van der Waals surface area contributed by atoms with Crippen LogP contribution in [0.3, 0.4) is 0 Å². The minimum absolute atomic E-state index is 0.164. The average Bonchev–Trinajstić information content (AvgIpc) is 3.87. The van der Waals surface area contributed by atoms with Crippen molar-refractivity contribution in [2.75, 3.05) is 20.0 Å². The molecule has 2 heterocycles. The molecule has 0 aliphatic heterocycles. The number of aromatic amines is 2. The number of carboxylic acid groups (broad SMARTS) is 1. The van der Waals surface area contributed by atoms with Crippen molar-refractivity contribution in [1.82, 2.24) is 9.97 Å². The molecule has 0 saturated heterocycles. The number of rotatable bonds is 10. The van der Waals surface area contributed by atoms with Crippen molar-refractivity contribution >= 4 is 63.0 Å². The summed E-state index contributed by atoms with van der Waals surface area (Å²) in [5.74, 6) is -3.54. The standard InChI is InChI=1S/C21H18N2O4.C15H13N3O.C5H6O4/c1-27-19(25)8-5-15(24)12-13-3-2-4-14(11-13)16-6-7-18(21(22)26)20-17(16)9-10-23-20;16-10-3-1-2-9(8-10)11-4-5-13(15(17)19)14-12(11)6-7-18-14;1-9-5(8)3-2-4(6)7/h2-11,23H,12H2,1H3,(H2,22,26);1-8,18H,16H2,(H2,17,19);2-3H,1H3,(H,6,7)/b8-5+;;3-2+. The lowest BCUT2D eigenvalue weighted by atomic mass is 9.96. The first-order chi connectivity index (χ1) is 26.3. The first-order valence-electron chi connectivity index (χ1n) is 16.4. The Kier molecular flexibility index (Phi) is 13.6. The molecule has 0 aliphatic carbocycles. The molecule has 2 aromatic heterocycles. The third kappa shape index (κ3) is 10.6. The molecule has 14 nitrogen and oxygen atoms in total. The predicted octanol–water partition coefficient (Wildman–Crippen LogP) is 5.09. The summed E-state index contributed by atoms with van der Waals surface area (Å²) in [7, 11) is 2.43. The molecule has 9 N–H and O–H groups in total. The number of methoxy groups -OCH3 is 2. The number of nitrogen functional groups attached to an aromatic ring is 1. The van der Waals surface area contributed by atoms with E-state index in [1.165, 1.54) is 20.3 Å². The number of carboxylic acids is 1. The van der Waals surface area contributed by atoms with Crippen molar-refractivity contribution < 1.29 is 43.3 Å².